The van der Waals surface area contributed by atoms with Crippen molar-refractivity contribution in [3.8, 4) is 0 Å². The number of para-hydroxylation sites is 1. The quantitative estimate of drug-likeness (QED) is 0.877. The van der Waals surface area contributed by atoms with Gasteiger partial charge in [-0.15, -0.1) is 0 Å². The summed E-state index contributed by atoms with van der Waals surface area (Å²) in [6.45, 7) is 3.82. The largest absolute Gasteiger partial charge is 0.478 e. The van der Waals surface area contributed by atoms with Crippen molar-refractivity contribution in [2.75, 3.05) is 11.5 Å². The molecule has 1 N–H and O–H groups in total. The normalized spacial score (nSPS) is 11.9. The van der Waals surface area contributed by atoms with E-state index in [1.807, 2.05) is 6.92 Å². The average molecular weight is 310 g/mol. The van der Waals surface area contributed by atoms with Crippen LogP contribution < -0.4 is 0 Å². The Balaban J connectivity index is 2.52. The van der Waals surface area contributed by atoms with E-state index in [1.54, 1.807) is 23.6 Å². The number of fused-ring (bicyclic) bond motifs is 1. The third-order valence-electron chi connectivity index (χ3n) is 3.47. The minimum Gasteiger partial charge on any atom is -0.478 e. The molecule has 21 heavy (non-hydrogen) atoms. The fourth-order valence-electron chi connectivity index (χ4n) is 2.26. The fraction of sp³-hybridized carbons (Fsp3) is 0.429. The molecule has 0 unspecified atom stereocenters. The molecule has 7 heteroatoms. The van der Waals surface area contributed by atoms with Gasteiger partial charge in [0.25, 0.3) is 0 Å². The predicted octanol–water partition coefficient (Wildman–Crippen LogP) is 1.73. The second kappa shape index (κ2) is 5.85. The number of carboxylic acids is 1. The van der Waals surface area contributed by atoms with Crippen LogP contribution in [0, 0.1) is 0 Å². The van der Waals surface area contributed by atoms with Crippen LogP contribution in [0.5, 0.6) is 0 Å². The van der Waals surface area contributed by atoms with E-state index in [4.69, 9.17) is 0 Å². The maximum Gasteiger partial charge on any atom is 0.337 e. The molecule has 0 atom stereocenters. The molecule has 0 aliphatic heterocycles. The van der Waals surface area contributed by atoms with E-state index < -0.39 is 15.8 Å². The van der Waals surface area contributed by atoms with Gasteiger partial charge >= 0.3 is 5.97 Å². The van der Waals surface area contributed by atoms with Gasteiger partial charge in [-0.2, -0.15) is 0 Å². The van der Waals surface area contributed by atoms with Crippen LogP contribution >= 0.6 is 0 Å². The van der Waals surface area contributed by atoms with Gasteiger partial charge in [0.1, 0.15) is 11.3 Å². The third kappa shape index (κ3) is 3.07. The van der Waals surface area contributed by atoms with Gasteiger partial charge in [-0.3, -0.25) is 0 Å². The maximum atomic E-state index is 11.7. The number of rotatable bonds is 6. The zero-order valence-corrected chi connectivity index (χ0v) is 12.9. The molecule has 0 bridgehead atoms. The van der Waals surface area contributed by atoms with E-state index >= 15 is 0 Å². The van der Waals surface area contributed by atoms with Crippen molar-refractivity contribution in [2.24, 2.45) is 0 Å². The molecule has 0 spiro atoms. The predicted molar refractivity (Wildman–Crippen MR) is 80.4 cm³/mol. The number of sulfone groups is 1. The molecule has 0 radical (unpaired) electrons. The Hall–Kier alpha value is -1.89. The van der Waals surface area contributed by atoms with Crippen LogP contribution in [0.2, 0.25) is 0 Å². The molecule has 114 valence electrons. The number of benzene rings is 1. The van der Waals surface area contributed by atoms with Gasteiger partial charge in [0.15, 0.2) is 9.84 Å². The first-order valence-electron chi connectivity index (χ1n) is 6.81. The van der Waals surface area contributed by atoms with Crippen LogP contribution in [0.3, 0.4) is 0 Å². The standard InChI is InChI=1S/C14H18N2O4S/c1-3-12-15-13-10(14(17)18)6-5-7-11(13)16(12)8-9-21(19,20)4-2/h5-7H,3-4,8-9H2,1-2H3,(H,17,18). The number of nitrogens with zero attached hydrogens (tertiary/aromatic N) is 2. The molecule has 1 heterocycles. The molecule has 0 aliphatic carbocycles. The van der Waals surface area contributed by atoms with Crippen molar-refractivity contribution in [1.82, 2.24) is 9.55 Å². The molecule has 0 saturated carbocycles. The molecule has 0 fully saturated rings. The Morgan fingerprint density at radius 1 is 1.33 bits per heavy atom. The zero-order valence-electron chi connectivity index (χ0n) is 12.0. The monoisotopic (exact) mass is 310 g/mol. The van der Waals surface area contributed by atoms with Crippen molar-refractivity contribution in [2.45, 2.75) is 26.8 Å². The van der Waals surface area contributed by atoms with E-state index in [9.17, 15) is 18.3 Å². The Morgan fingerprint density at radius 3 is 2.62 bits per heavy atom. The van der Waals surface area contributed by atoms with Crippen molar-refractivity contribution >= 4 is 26.8 Å². The fourth-order valence-corrected chi connectivity index (χ4v) is 3.01. The Kier molecular flexibility index (Phi) is 4.32. The van der Waals surface area contributed by atoms with Gasteiger partial charge in [-0.1, -0.05) is 19.9 Å². The second-order valence-corrected chi connectivity index (χ2v) is 7.22. The smallest absolute Gasteiger partial charge is 0.337 e. The summed E-state index contributed by atoms with van der Waals surface area (Å²) in [4.78, 5) is 15.6. The number of imidazole rings is 1. The first kappa shape index (κ1) is 15.5. The van der Waals surface area contributed by atoms with Crippen molar-refractivity contribution in [1.29, 1.82) is 0 Å². The molecule has 0 amide bonds. The summed E-state index contributed by atoms with van der Waals surface area (Å²) in [5.74, 6) is -0.208. The number of carbonyl (C=O) groups is 1. The lowest BCUT2D eigenvalue weighted by molar-refractivity contribution is 0.0699. The molecule has 2 rings (SSSR count). The number of aromatic carboxylic acids is 1. The summed E-state index contributed by atoms with van der Waals surface area (Å²) in [6.07, 6.45) is 0.611. The first-order valence-corrected chi connectivity index (χ1v) is 8.63. The van der Waals surface area contributed by atoms with E-state index in [1.165, 1.54) is 6.07 Å². The van der Waals surface area contributed by atoms with Crippen LogP contribution in [-0.4, -0.2) is 40.6 Å². The summed E-state index contributed by atoms with van der Waals surface area (Å²) in [5.41, 5.74) is 1.22. The molecule has 2 aromatic rings. The average Bonchev–Trinajstić information content (AvgIpc) is 2.82. The third-order valence-corrected chi connectivity index (χ3v) is 5.15. The Morgan fingerprint density at radius 2 is 2.05 bits per heavy atom. The van der Waals surface area contributed by atoms with E-state index in [-0.39, 0.29) is 17.1 Å². The number of aryl methyl sites for hydroxylation is 2. The highest BCUT2D eigenvalue weighted by Crippen LogP contribution is 2.21. The number of hydrogen-bond acceptors (Lipinski definition) is 4. The van der Waals surface area contributed by atoms with Crippen LogP contribution in [-0.2, 0) is 22.8 Å². The zero-order chi connectivity index (χ0) is 15.6. The molecule has 0 saturated heterocycles. The number of carboxylic acid groups (broad SMARTS) is 1. The SMILES string of the molecule is CCc1nc2c(C(=O)O)cccc2n1CCS(=O)(=O)CC. The molecule has 1 aromatic heterocycles. The molecular weight excluding hydrogens is 292 g/mol. The minimum atomic E-state index is -3.08. The Bertz CT molecular complexity index is 778. The lowest BCUT2D eigenvalue weighted by Gasteiger charge is -2.08. The van der Waals surface area contributed by atoms with E-state index in [2.05, 4.69) is 4.98 Å². The molecule has 1 aromatic carbocycles. The van der Waals surface area contributed by atoms with E-state index in [0.717, 1.165) is 0 Å². The first-order chi connectivity index (χ1) is 9.89. The molecular formula is C14H18N2O4S. The number of hydrogen-bond donors (Lipinski definition) is 1. The van der Waals surface area contributed by atoms with Crippen LogP contribution in [0.15, 0.2) is 18.2 Å². The summed E-state index contributed by atoms with van der Waals surface area (Å²) in [7, 11) is -3.08. The van der Waals surface area contributed by atoms with E-state index in [0.29, 0.717) is 29.8 Å². The van der Waals surface area contributed by atoms with Crippen molar-refractivity contribution < 1.29 is 18.3 Å². The van der Waals surface area contributed by atoms with Gasteiger partial charge in [-0.05, 0) is 12.1 Å². The van der Waals surface area contributed by atoms with Gasteiger partial charge in [0.2, 0.25) is 0 Å². The lowest BCUT2D eigenvalue weighted by Crippen LogP contribution is -2.16. The van der Waals surface area contributed by atoms with Crippen LogP contribution in [0.1, 0.15) is 30.0 Å². The summed E-state index contributed by atoms with van der Waals surface area (Å²) < 4.78 is 25.2. The molecule has 0 aliphatic rings. The maximum absolute atomic E-state index is 11.7. The summed E-state index contributed by atoms with van der Waals surface area (Å²) >= 11 is 0. The molecule has 6 nitrogen and oxygen atoms in total. The summed E-state index contributed by atoms with van der Waals surface area (Å²) in [5, 5.41) is 9.21. The summed E-state index contributed by atoms with van der Waals surface area (Å²) in [6, 6.07) is 4.93. The Labute approximate surface area is 123 Å². The lowest BCUT2D eigenvalue weighted by atomic mass is 10.2. The van der Waals surface area contributed by atoms with Crippen LogP contribution in [0.25, 0.3) is 11.0 Å². The van der Waals surface area contributed by atoms with Crippen molar-refractivity contribution in [3.05, 3.63) is 29.6 Å². The van der Waals surface area contributed by atoms with Gasteiger partial charge in [0, 0.05) is 18.7 Å². The van der Waals surface area contributed by atoms with Gasteiger partial charge < -0.3 is 9.67 Å². The minimum absolute atomic E-state index is 0.0270. The van der Waals surface area contributed by atoms with Gasteiger partial charge in [0.05, 0.1) is 16.8 Å². The highest BCUT2D eigenvalue weighted by Gasteiger charge is 2.17. The van der Waals surface area contributed by atoms with Crippen LogP contribution in [0.4, 0.5) is 0 Å². The van der Waals surface area contributed by atoms with Gasteiger partial charge in [-0.25, -0.2) is 18.2 Å². The highest BCUT2D eigenvalue weighted by atomic mass is 32.2. The topological polar surface area (TPSA) is 89.3 Å². The highest BCUT2D eigenvalue weighted by molar-refractivity contribution is 7.91. The van der Waals surface area contributed by atoms with Crippen molar-refractivity contribution in [3.63, 3.8) is 0 Å². The second-order valence-electron chi connectivity index (χ2n) is 4.75. The number of aromatic nitrogens is 2.